The number of rotatable bonds is 4. The molecule has 2 aromatic rings. The normalized spacial score (nSPS) is 10.6. The minimum atomic E-state index is -0.410. The second kappa shape index (κ2) is 6.05. The molecule has 0 unspecified atom stereocenters. The van der Waals surface area contributed by atoms with Crippen LogP contribution in [0.1, 0.15) is 6.92 Å². The van der Waals surface area contributed by atoms with Gasteiger partial charge in [0.05, 0.1) is 7.11 Å². The smallest absolute Gasteiger partial charge is 0.292 e. The van der Waals surface area contributed by atoms with Crippen molar-refractivity contribution in [3.63, 3.8) is 0 Å². The topological polar surface area (TPSA) is 51.5 Å². The van der Waals surface area contributed by atoms with Crippen molar-refractivity contribution in [3.05, 3.63) is 40.8 Å². The largest absolute Gasteiger partial charge is 0.503 e. The Labute approximate surface area is 122 Å². The average molecular weight is 291 g/mol. The number of methoxy groups -OCH3 is 1. The molecule has 0 atom stereocenters. The first-order valence-electron chi connectivity index (χ1n) is 6.27. The molecular weight excluding hydrogens is 274 g/mol. The molecule has 1 aromatic carbocycles. The Hall–Kier alpha value is -1.88. The van der Waals surface area contributed by atoms with Gasteiger partial charge in [-0.25, -0.2) is 0 Å². The number of benzene rings is 1. The quantitative estimate of drug-likeness (QED) is 0.880. The highest BCUT2D eigenvalue weighted by atomic mass is 32.2. The molecule has 0 radical (unpaired) electrons. The number of ether oxygens (including phenoxy) is 1. The van der Waals surface area contributed by atoms with Gasteiger partial charge in [-0.15, -0.1) is 11.8 Å². The van der Waals surface area contributed by atoms with E-state index in [2.05, 4.69) is 6.92 Å². The van der Waals surface area contributed by atoms with Crippen LogP contribution < -0.4 is 10.3 Å². The van der Waals surface area contributed by atoms with Gasteiger partial charge >= 0.3 is 0 Å². The van der Waals surface area contributed by atoms with Crippen molar-refractivity contribution in [3.8, 4) is 22.6 Å². The SMILES string of the molecule is CCSc1ccc(OC)c(-c2cc(O)c(=O)n(C)c2)c1. The van der Waals surface area contributed by atoms with Gasteiger partial charge in [0.25, 0.3) is 5.56 Å². The number of nitrogens with zero attached hydrogens (tertiary/aromatic N) is 1. The molecule has 4 nitrogen and oxygen atoms in total. The van der Waals surface area contributed by atoms with Crippen molar-refractivity contribution < 1.29 is 9.84 Å². The first kappa shape index (κ1) is 14.5. The van der Waals surface area contributed by atoms with Gasteiger partial charge in [0.15, 0.2) is 5.75 Å². The zero-order chi connectivity index (χ0) is 14.7. The lowest BCUT2D eigenvalue weighted by Gasteiger charge is -2.12. The van der Waals surface area contributed by atoms with Crippen LogP contribution in [0.2, 0.25) is 0 Å². The second-order valence-corrected chi connectivity index (χ2v) is 5.66. The molecule has 20 heavy (non-hydrogen) atoms. The maximum Gasteiger partial charge on any atom is 0.292 e. The summed E-state index contributed by atoms with van der Waals surface area (Å²) >= 11 is 1.73. The number of aromatic hydroxyl groups is 1. The van der Waals surface area contributed by atoms with E-state index in [4.69, 9.17) is 4.74 Å². The molecule has 1 heterocycles. The minimum Gasteiger partial charge on any atom is -0.503 e. The summed E-state index contributed by atoms with van der Waals surface area (Å²) < 4.78 is 6.73. The summed E-state index contributed by atoms with van der Waals surface area (Å²) in [6.45, 7) is 2.09. The average Bonchev–Trinajstić information content (AvgIpc) is 2.44. The maximum atomic E-state index is 11.6. The number of aromatic nitrogens is 1. The van der Waals surface area contributed by atoms with Crippen LogP contribution in [0, 0.1) is 0 Å². The van der Waals surface area contributed by atoms with Crippen LogP contribution in [0.4, 0.5) is 0 Å². The highest BCUT2D eigenvalue weighted by Crippen LogP contribution is 2.34. The van der Waals surface area contributed by atoms with E-state index >= 15 is 0 Å². The second-order valence-electron chi connectivity index (χ2n) is 4.33. The van der Waals surface area contributed by atoms with Gasteiger partial charge in [0.2, 0.25) is 0 Å². The standard InChI is InChI=1S/C15H17NO3S/c1-4-20-11-5-6-14(19-3)12(8-11)10-7-13(17)15(18)16(2)9-10/h5-9,17H,4H2,1-3H3. The molecule has 1 N–H and O–H groups in total. The highest BCUT2D eigenvalue weighted by Gasteiger charge is 2.11. The van der Waals surface area contributed by atoms with Crippen molar-refractivity contribution in [2.24, 2.45) is 7.05 Å². The molecule has 0 spiro atoms. The molecule has 0 aliphatic carbocycles. The predicted octanol–water partition coefficient (Wildman–Crippen LogP) is 2.88. The monoisotopic (exact) mass is 291 g/mol. The fourth-order valence-corrected chi connectivity index (χ4v) is 2.71. The fourth-order valence-electron chi connectivity index (χ4n) is 2.01. The number of hydrogen-bond acceptors (Lipinski definition) is 4. The summed E-state index contributed by atoms with van der Waals surface area (Å²) in [5.74, 6) is 1.42. The molecule has 0 saturated carbocycles. The van der Waals surface area contributed by atoms with Gasteiger partial charge in [-0.1, -0.05) is 6.92 Å². The van der Waals surface area contributed by atoms with Gasteiger partial charge < -0.3 is 14.4 Å². The van der Waals surface area contributed by atoms with E-state index in [0.29, 0.717) is 5.75 Å². The lowest BCUT2D eigenvalue weighted by molar-refractivity contribution is 0.416. The Balaban J connectivity index is 2.60. The van der Waals surface area contributed by atoms with Crippen molar-refractivity contribution in [2.75, 3.05) is 12.9 Å². The Bertz CT molecular complexity index is 653. The van der Waals surface area contributed by atoms with Crippen LogP contribution in [0.25, 0.3) is 11.1 Å². The summed E-state index contributed by atoms with van der Waals surface area (Å²) in [5.41, 5.74) is 1.20. The van der Waals surface area contributed by atoms with E-state index in [1.807, 2.05) is 18.2 Å². The van der Waals surface area contributed by atoms with Crippen molar-refractivity contribution in [2.45, 2.75) is 11.8 Å². The van der Waals surface area contributed by atoms with Gasteiger partial charge in [-0.3, -0.25) is 4.79 Å². The van der Waals surface area contributed by atoms with Gasteiger partial charge in [0, 0.05) is 29.3 Å². The fraction of sp³-hybridized carbons (Fsp3) is 0.267. The van der Waals surface area contributed by atoms with E-state index in [1.165, 1.54) is 10.6 Å². The molecular formula is C15H17NO3S. The van der Waals surface area contributed by atoms with E-state index in [1.54, 1.807) is 32.1 Å². The Morgan fingerprint density at radius 3 is 2.70 bits per heavy atom. The molecule has 0 amide bonds. The molecule has 1 aromatic heterocycles. The Morgan fingerprint density at radius 1 is 1.35 bits per heavy atom. The van der Waals surface area contributed by atoms with Crippen molar-refractivity contribution in [1.82, 2.24) is 4.57 Å². The molecule has 0 bridgehead atoms. The molecule has 0 saturated heterocycles. The zero-order valence-electron chi connectivity index (χ0n) is 11.7. The summed E-state index contributed by atoms with van der Waals surface area (Å²) in [6.07, 6.45) is 1.69. The predicted molar refractivity (Wildman–Crippen MR) is 81.7 cm³/mol. The third-order valence-electron chi connectivity index (χ3n) is 2.96. The van der Waals surface area contributed by atoms with E-state index in [9.17, 15) is 9.90 Å². The summed E-state index contributed by atoms with van der Waals surface area (Å²) in [6, 6.07) is 7.38. The Morgan fingerprint density at radius 2 is 2.10 bits per heavy atom. The Kier molecular flexibility index (Phi) is 4.39. The first-order chi connectivity index (χ1) is 9.56. The highest BCUT2D eigenvalue weighted by molar-refractivity contribution is 7.99. The summed E-state index contributed by atoms with van der Waals surface area (Å²) in [7, 11) is 3.22. The summed E-state index contributed by atoms with van der Waals surface area (Å²) in [5, 5.41) is 9.70. The number of thioether (sulfide) groups is 1. The lowest BCUT2D eigenvalue weighted by atomic mass is 10.1. The minimum absolute atomic E-state index is 0.263. The van der Waals surface area contributed by atoms with Crippen LogP contribution >= 0.6 is 11.8 Å². The van der Waals surface area contributed by atoms with E-state index in [0.717, 1.165) is 21.8 Å². The van der Waals surface area contributed by atoms with Gasteiger partial charge in [0.1, 0.15) is 5.75 Å². The molecule has 0 aliphatic heterocycles. The van der Waals surface area contributed by atoms with Crippen molar-refractivity contribution in [1.29, 1.82) is 0 Å². The van der Waals surface area contributed by atoms with Crippen molar-refractivity contribution >= 4 is 11.8 Å². The number of hydrogen-bond donors (Lipinski definition) is 1. The molecule has 5 heteroatoms. The van der Waals surface area contributed by atoms with Crippen LogP contribution in [0.15, 0.2) is 40.2 Å². The third kappa shape index (κ3) is 2.82. The zero-order valence-corrected chi connectivity index (χ0v) is 12.5. The van der Waals surface area contributed by atoms with E-state index in [-0.39, 0.29) is 5.75 Å². The van der Waals surface area contributed by atoms with Crippen LogP contribution in [-0.2, 0) is 7.05 Å². The molecule has 106 valence electrons. The van der Waals surface area contributed by atoms with Crippen LogP contribution in [0.5, 0.6) is 11.5 Å². The van der Waals surface area contributed by atoms with Gasteiger partial charge in [-0.05, 0) is 30.0 Å². The summed E-state index contributed by atoms with van der Waals surface area (Å²) in [4.78, 5) is 12.7. The number of aryl methyl sites for hydroxylation is 1. The lowest BCUT2D eigenvalue weighted by Crippen LogP contribution is -2.15. The molecule has 0 aliphatic rings. The van der Waals surface area contributed by atoms with Crippen LogP contribution in [-0.4, -0.2) is 22.5 Å². The van der Waals surface area contributed by atoms with E-state index < -0.39 is 5.56 Å². The third-order valence-corrected chi connectivity index (χ3v) is 3.83. The first-order valence-corrected chi connectivity index (χ1v) is 7.26. The molecule has 2 rings (SSSR count). The van der Waals surface area contributed by atoms with Crippen LogP contribution in [0.3, 0.4) is 0 Å². The number of pyridine rings is 1. The molecule has 0 fully saturated rings. The maximum absolute atomic E-state index is 11.6. The van der Waals surface area contributed by atoms with Gasteiger partial charge in [-0.2, -0.15) is 0 Å².